The van der Waals surface area contributed by atoms with Crippen molar-refractivity contribution >= 4 is 22.6 Å². The first-order chi connectivity index (χ1) is 14.7. The summed E-state index contributed by atoms with van der Waals surface area (Å²) in [4.78, 5) is 27.7. The number of carbonyl (C=O) groups is 1. The van der Waals surface area contributed by atoms with Crippen molar-refractivity contribution in [3.63, 3.8) is 0 Å². The van der Waals surface area contributed by atoms with Gasteiger partial charge in [0, 0.05) is 35.0 Å². The fraction of sp³-hybridized carbons (Fsp3) is 0.0417. The fourth-order valence-electron chi connectivity index (χ4n) is 2.72. The van der Waals surface area contributed by atoms with Crippen molar-refractivity contribution in [3.05, 3.63) is 101 Å². The van der Waals surface area contributed by atoms with E-state index in [-0.39, 0.29) is 12.5 Å². The summed E-state index contributed by atoms with van der Waals surface area (Å²) in [6, 6.07) is 20.8. The summed E-state index contributed by atoms with van der Waals surface area (Å²) in [5.74, 6) is 6.11. The third-order valence-corrected chi connectivity index (χ3v) is 4.11. The number of anilines is 1. The summed E-state index contributed by atoms with van der Waals surface area (Å²) in [5, 5.41) is 3.55. The zero-order valence-corrected chi connectivity index (χ0v) is 15.8. The average Bonchev–Trinajstić information content (AvgIpc) is 2.77. The van der Waals surface area contributed by atoms with Crippen LogP contribution in [0.4, 0.5) is 5.69 Å². The average molecular weight is 396 g/mol. The Balaban J connectivity index is 1.38. The molecule has 1 N–H and O–H groups in total. The number of carbonyl (C=O) groups excluding carboxylic acids is 1. The molecule has 0 saturated carbocycles. The van der Waals surface area contributed by atoms with Crippen LogP contribution in [0.1, 0.15) is 11.3 Å². The molecule has 4 rings (SSSR count). The number of rotatable bonds is 4. The number of benzene rings is 2. The minimum absolute atomic E-state index is 0.188. The number of nitrogens with zero attached hydrogens (tertiary/aromatic N) is 1. The quantitative estimate of drug-likeness (QED) is 0.421. The van der Waals surface area contributed by atoms with E-state index in [0.717, 1.165) is 10.9 Å². The third-order valence-electron chi connectivity index (χ3n) is 4.11. The van der Waals surface area contributed by atoms with Gasteiger partial charge in [-0.3, -0.25) is 4.79 Å². The molecular weight excluding hydrogens is 380 g/mol. The number of hydrogen-bond donors (Lipinski definition) is 1. The Hall–Kier alpha value is -4.37. The Morgan fingerprint density at radius 1 is 1.00 bits per heavy atom. The van der Waals surface area contributed by atoms with E-state index in [9.17, 15) is 9.59 Å². The second-order valence-corrected chi connectivity index (χ2v) is 6.34. The molecule has 0 radical (unpaired) electrons. The van der Waals surface area contributed by atoms with Crippen LogP contribution in [0, 0.1) is 11.8 Å². The van der Waals surface area contributed by atoms with Gasteiger partial charge in [0.2, 0.25) is 0 Å². The van der Waals surface area contributed by atoms with Crippen molar-refractivity contribution in [1.82, 2.24) is 4.98 Å². The number of ether oxygens (including phenoxy) is 1. The van der Waals surface area contributed by atoms with Gasteiger partial charge in [0.15, 0.2) is 6.61 Å². The summed E-state index contributed by atoms with van der Waals surface area (Å²) in [6.45, 7) is -0.188. The van der Waals surface area contributed by atoms with E-state index < -0.39 is 5.63 Å². The number of nitrogens with one attached hydrogen (secondary N) is 1. The highest BCUT2D eigenvalue weighted by atomic mass is 16.5. The minimum Gasteiger partial charge on any atom is -0.484 e. The summed E-state index contributed by atoms with van der Waals surface area (Å²) in [5.41, 5.74) is 2.00. The van der Waals surface area contributed by atoms with E-state index in [1.165, 1.54) is 6.07 Å². The van der Waals surface area contributed by atoms with Gasteiger partial charge in [-0.15, -0.1) is 0 Å². The standard InChI is InChI=1S/C24H16N2O4/c27-23(16-29-21-11-8-18-9-12-24(28)30-22(18)15-21)26-20-6-3-4-17(14-20)7-10-19-5-1-2-13-25-19/h1-6,8-9,11-15H,16H2,(H,26,27). The van der Waals surface area contributed by atoms with Gasteiger partial charge in [0.25, 0.3) is 5.91 Å². The van der Waals surface area contributed by atoms with E-state index in [2.05, 4.69) is 22.1 Å². The highest BCUT2D eigenvalue weighted by molar-refractivity contribution is 5.92. The van der Waals surface area contributed by atoms with E-state index in [4.69, 9.17) is 9.15 Å². The maximum absolute atomic E-state index is 12.2. The normalized spacial score (nSPS) is 10.1. The molecule has 146 valence electrons. The van der Waals surface area contributed by atoms with Crippen molar-refractivity contribution in [2.24, 2.45) is 0 Å². The molecule has 6 heteroatoms. The molecule has 2 heterocycles. The summed E-state index contributed by atoms with van der Waals surface area (Å²) >= 11 is 0. The molecule has 30 heavy (non-hydrogen) atoms. The van der Waals surface area contributed by atoms with Gasteiger partial charge in [-0.2, -0.15) is 0 Å². The van der Waals surface area contributed by atoms with Crippen LogP contribution in [0.25, 0.3) is 11.0 Å². The van der Waals surface area contributed by atoms with Crippen LogP contribution in [-0.4, -0.2) is 17.5 Å². The van der Waals surface area contributed by atoms with Crippen LogP contribution in [0.5, 0.6) is 5.75 Å². The van der Waals surface area contributed by atoms with Crippen molar-refractivity contribution in [1.29, 1.82) is 0 Å². The number of amides is 1. The second kappa shape index (κ2) is 8.76. The molecule has 0 aliphatic carbocycles. The first-order valence-corrected chi connectivity index (χ1v) is 9.15. The zero-order valence-electron chi connectivity index (χ0n) is 15.8. The van der Waals surface area contributed by atoms with Crippen molar-refractivity contribution in [2.75, 3.05) is 11.9 Å². The lowest BCUT2D eigenvalue weighted by Gasteiger charge is -2.08. The molecule has 2 aromatic carbocycles. The van der Waals surface area contributed by atoms with E-state index in [1.54, 1.807) is 42.6 Å². The van der Waals surface area contributed by atoms with Gasteiger partial charge in [0.1, 0.15) is 17.0 Å². The Kier molecular flexibility index (Phi) is 5.54. The topological polar surface area (TPSA) is 81.4 Å². The maximum Gasteiger partial charge on any atom is 0.336 e. The van der Waals surface area contributed by atoms with Gasteiger partial charge in [-0.05, 0) is 54.5 Å². The van der Waals surface area contributed by atoms with Crippen LogP contribution in [-0.2, 0) is 4.79 Å². The van der Waals surface area contributed by atoms with E-state index >= 15 is 0 Å². The lowest BCUT2D eigenvalue weighted by atomic mass is 10.2. The molecule has 0 saturated heterocycles. The number of aromatic nitrogens is 1. The lowest BCUT2D eigenvalue weighted by molar-refractivity contribution is -0.118. The molecule has 0 atom stereocenters. The van der Waals surface area contributed by atoms with Gasteiger partial charge in [-0.25, -0.2) is 9.78 Å². The molecule has 2 aromatic heterocycles. The highest BCUT2D eigenvalue weighted by Crippen LogP contribution is 2.19. The lowest BCUT2D eigenvalue weighted by Crippen LogP contribution is -2.20. The Morgan fingerprint density at radius 2 is 1.90 bits per heavy atom. The molecule has 4 aromatic rings. The molecule has 6 nitrogen and oxygen atoms in total. The van der Waals surface area contributed by atoms with Crippen molar-refractivity contribution in [2.45, 2.75) is 0 Å². The van der Waals surface area contributed by atoms with Crippen LogP contribution in [0.15, 0.2) is 88.2 Å². The molecule has 0 aliphatic rings. The monoisotopic (exact) mass is 396 g/mol. The Bertz CT molecular complexity index is 1320. The molecule has 0 aliphatic heterocycles. The molecule has 0 fully saturated rings. The Morgan fingerprint density at radius 3 is 2.77 bits per heavy atom. The molecule has 0 spiro atoms. The third kappa shape index (κ3) is 4.91. The first kappa shape index (κ1) is 19.0. The first-order valence-electron chi connectivity index (χ1n) is 9.15. The van der Waals surface area contributed by atoms with Gasteiger partial charge >= 0.3 is 5.63 Å². The maximum atomic E-state index is 12.2. The second-order valence-electron chi connectivity index (χ2n) is 6.34. The summed E-state index contributed by atoms with van der Waals surface area (Å²) in [7, 11) is 0. The van der Waals surface area contributed by atoms with Crippen molar-refractivity contribution < 1.29 is 13.9 Å². The molecule has 1 amide bonds. The summed E-state index contributed by atoms with van der Waals surface area (Å²) in [6.07, 6.45) is 1.68. The molecule has 0 bridgehead atoms. The predicted molar refractivity (Wildman–Crippen MR) is 113 cm³/mol. The number of hydrogen-bond acceptors (Lipinski definition) is 5. The van der Waals surface area contributed by atoms with Crippen LogP contribution in [0.2, 0.25) is 0 Å². The van der Waals surface area contributed by atoms with Gasteiger partial charge in [-0.1, -0.05) is 18.1 Å². The summed E-state index contributed by atoms with van der Waals surface area (Å²) < 4.78 is 10.6. The molecule has 0 unspecified atom stereocenters. The van der Waals surface area contributed by atoms with E-state index in [0.29, 0.717) is 22.7 Å². The minimum atomic E-state index is -0.441. The van der Waals surface area contributed by atoms with Gasteiger partial charge in [0.05, 0.1) is 0 Å². The largest absolute Gasteiger partial charge is 0.484 e. The highest BCUT2D eigenvalue weighted by Gasteiger charge is 2.06. The predicted octanol–water partition coefficient (Wildman–Crippen LogP) is 3.61. The van der Waals surface area contributed by atoms with Crippen LogP contribution < -0.4 is 15.7 Å². The fourth-order valence-corrected chi connectivity index (χ4v) is 2.72. The van der Waals surface area contributed by atoms with Crippen LogP contribution >= 0.6 is 0 Å². The number of pyridine rings is 1. The van der Waals surface area contributed by atoms with E-state index in [1.807, 2.05) is 30.3 Å². The number of fused-ring (bicyclic) bond motifs is 1. The van der Waals surface area contributed by atoms with Crippen molar-refractivity contribution in [3.8, 4) is 17.6 Å². The zero-order chi connectivity index (χ0) is 20.8. The molecular formula is C24H16N2O4. The van der Waals surface area contributed by atoms with Crippen LogP contribution in [0.3, 0.4) is 0 Å². The van der Waals surface area contributed by atoms with Gasteiger partial charge < -0.3 is 14.5 Å². The SMILES string of the molecule is O=C(COc1ccc2ccc(=O)oc2c1)Nc1cccc(C#Cc2ccccn2)c1. The Labute approximate surface area is 172 Å². The smallest absolute Gasteiger partial charge is 0.336 e.